The van der Waals surface area contributed by atoms with Gasteiger partial charge in [-0.25, -0.2) is 9.18 Å². The molecule has 2 aromatic carbocycles. The molecule has 9 heteroatoms. The summed E-state index contributed by atoms with van der Waals surface area (Å²) in [5, 5.41) is 0. The number of methoxy groups -OCH3 is 1. The topological polar surface area (TPSA) is 42.0 Å². The number of carbonyl (C=O) groups is 1. The lowest BCUT2D eigenvalue weighted by atomic mass is 9.89. The van der Waals surface area contributed by atoms with Crippen LogP contribution < -0.4 is 4.74 Å². The van der Waals surface area contributed by atoms with Crippen LogP contribution in [0.5, 0.6) is 5.75 Å². The van der Waals surface area contributed by atoms with Crippen molar-refractivity contribution in [1.82, 2.24) is 9.80 Å². The van der Waals surface area contributed by atoms with Crippen LogP contribution in [-0.4, -0.2) is 55.7 Å². The van der Waals surface area contributed by atoms with Crippen molar-refractivity contribution >= 4 is 11.7 Å². The Bertz CT molecular complexity index is 1260. The quantitative estimate of drug-likeness (QED) is 0.376. The van der Waals surface area contributed by atoms with Gasteiger partial charge in [0.2, 0.25) is 0 Å². The summed E-state index contributed by atoms with van der Waals surface area (Å²) >= 11 is 0. The number of halogens is 4. The Balaban J connectivity index is 1.71. The predicted octanol–water partition coefficient (Wildman–Crippen LogP) is 6.96. The monoisotopic (exact) mass is 534 g/mol. The Hall–Kier alpha value is -3.07. The molecule has 206 valence electrons. The molecule has 2 aliphatic rings. The van der Waals surface area contributed by atoms with E-state index in [4.69, 9.17) is 9.47 Å². The van der Waals surface area contributed by atoms with Crippen LogP contribution in [0.2, 0.25) is 0 Å². The average Bonchev–Trinajstić information content (AvgIpc) is 3.11. The number of cyclic esters (lactones) is 1. The molecule has 2 heterocycles. The maximum Gasteiger partial charge on any atom is 0.416 e. The third-order valence-corrected chi connectivity index (χ3v) is 7.41. The van der Waals surface area contributed by atoms with Crippen LogP contribution in [0.25, 0.3) is 5.57 Å². The minimum Gasteiger partial charge on any atom is -0.496 e. The first-order valence-corrected chi connectivity index (χ1v) is 12.7. The van der Waals surface area contributed by atoms with Crippen molar-refractivity contribution < 1.29 is 31.8 Å². The van der Waals surface area contributed by atoms with Gasteiger partial charge in [0.05, 0.1) is 18.7 Å². The van der Waals surface area contributed by atoms with Crippen molar-refractivity contribution in [3.63, 3.8) is 0 Å². The van der Waals surface area contributed by atoms with Crippen molar-refractivity contribution in [2.75, 3.05) is 33.8 Å². The normalized spacial score (nSPS) is 20.9. The van der Waals surface area contributed by atoms with E-state index in [9.17, 15) is 22.4 Å². The second-order valence-electron chi connectivity index (χ2n) is 10.6. The van der Waals surface area contributed by atoms with E-state index in [2.05, 4.69) is 4.90 Å². The molecule has 2 atom stereocenters. The zero-order chi connectivity index (χ0) is 27.9. The summed E-state index contributed by atoms with van der Waals surface area (Å²) in [5.41, 5.74) is 3.32. The summed E-state index contributed by atoms with van der Waals surface area (Å²) < 4.78 is 66.2. The molecule has 2 aromatic rings. The molecule has 5 nitrogen and oxygen atoms in total. The summed E-state index contributed by atoms with van der Waals surface area (Å²) in [5.74, 6) is 0.0742. The molecule has 38 heavy (non-hydrogen) atoms. The van der Waals surface area contributed by atoms with Gasteiger partial charge in [0.25, 0.3) is 0 Å². The first kappa shape index (κ1) is 28.0. The summed E-state index contributed by atoms with van der Waals surface area (Å²) in [6.07, 6.45) is -5.23. The Kier molecular flexibility index (Phi) is 7.79. The van der Waals surface area contributed by atoms with Gasteiger partial charge in [-0.15, -0.1) is 0 Å². The Morgan fingerprint density at radius 3 is 2.50 bits per heavy atom. The van der Waals surface area contributed by atoms with Crippen LogP contribution in [0.4, 0.5) is 22.4 Å². The second kappa shape index (κ2) is 10.6. The van der Waals surface area contributed by atoms with Crippen LogP contribution in [-0.2, 0) is 10.9 Å². The number of ether oxygens (including phenoxy) is 2. The molecule has 1 fully saturated rings. The van der Waals surface area contributed by atoms with Crippen molar-refractivity contribution in [2.45, 2.75) is 58.4 Å². The number of hydrogen-bond acceptors (Lipinski definition) is 4. The number of aryl methyl sites for hydroxylation is 1. The smallest absolute Gasteiger partial charge is 0.416 e. The van der Waals surface area contributed by atoms with Gasteiger partial charge in [0.15, 0.2) is 0 Å². The van der Waals surface area contributed by atoms with E-state index in [-0.39, 0.29) is 18.3 Å². The van der Waals surface area contributed by atoms with Gasteiger partial charge >= 0.3 is 12.3 Å². The van der Waals surface area contributed by atoms with E-state index < -0.39 is 30.0 Å². The summed E-state index contributed by atoms with van der Waals surface area (Å²) in [7, 11) is 3.49. The number of amides is 1. The SMILES string of the molecule is COc1cc(F)c(C(C)C)cc1C1=C(CN2C(=O)O[C@H](c3cc(C)cc(C(F)(F)F)c3)[C@@H]2C)CN(C)CC1. The molecule has 1 amide bonds. The molecular weight excluding hydrogens is 500 g/mol. The number of alkyl halides is 3. The lowest BCUT2D eigenvalue weighted by Crippen LogP contribution is -2.38. The van der Waals surface area contributed by atoms with Crippen LogP contribution in [0.1, 0.15) is 67.0 Å². The van der Waals surface area contributed by atoms with Crippen molar-refractivity contribution in [2.24, 2.45) is 0 Å². The fourth-order valence-electron chi connectivity index (χ4n) is 5.38. The Morgan fingerprint density at radius 2 is 1.87 bits per heavy atom. The molecule has 2 aliphatic heterocycles. The third kappa shape index (κ3) is 5.53. The number of benzene rings is 2. The molecule has 0 spiro atoms. The average molecular weight is 535 g/mol. The highest BCUT2D eigenvalue weighted by molar-refractivity contribution is 5.77. The van der Waals surface area contributed by atoms with Gasteiger partial charge in [-0.2, -0.15) is 13.2 Å². The first-order valence-electron chi connectivity index (χ1n) is 12.7. The standard InChI is InChI=1S/C29H34F4N2O3/c1-16(2)23-12-24(26(37-6)13-25(23)30)22-7-8-34(5)14-20(22)15-35-18(4)27(38-28(35)36)19-9-17(3)10-21(11-19)29(31,32)33/h9-13,16,18,27H,7-8,14-15H2,1-6H3/t18-,27-/m0/s1. The van der Waals surface area contributed by atoms with Crippen molar-refractivity contribution in [3.8, 4) is 5.75 Å². The van der Waals surface area contributed by atoms with E-state index in [0.29, 0.717) is 35.4 Å². The zero-order valence-electron chi connectivity index (χ0n) is 22.6. The fourth-order valence-corrected chi connectivity index (χ4v) is 5.38. The van der Waals surface area contributed by atoms with E-state index in [1.165, 1.54) is 13.2 Å². The zero-order valence-corrected chi connectivity index (χ0v) is 22.6. The largest absolute Gasteiger partial charge is 0.496 e. The molecule has 0 radical (unpaired) electrons. The second-order valence-corrected chi connectivity index (χ2v) is 10.6. The third-order valence-electron chi connectivity index (χ3n) is 7.41. The molecule has 4 rings (SSSR count). The number of rotatable bonds is 6. The molecule has 0 saturated carbocycles. The van der Waals surface area contributed by atoms with E-state index in [0.717, 1.165) is 35.4 Å². The highest BCUT2D eigenvalue weighted by Crippen LogP contribution is 2.40. The first-order chi connectivity index (χ1) is 17.8. The van der Waals surface area contributed by atoms with Gasteiger partial charge < -0.3 is 14.4 Å². The minimum absolute atomic E-state index is 0.0276. The van der Waals surface area contributed by atoms with E-state index in [1.54, 1.807) is 24.8 Å². The molecule has 0 aromatic heterocycles. The van der Waals surface area contributed by atoms with Crippen molar-refractivity contribution in [1.29, 1.82) is 0 Å². The van der Waals surface area contributed by atoms with Gasteiger partial charge in [0.1, 0.15) is 17.7 Å². The molecule has 0 unspecified atom stereocenters. The van der Waals surface area contributed by atoms with Crippen LogP contribution >= 0.6 is 0 Å². The van der Waals surface area contributed by atoms with Gasteiger partial charge in [-0.1, -0.05) is 25.5 Å². The van der Waals surface area contributed by atoms with Crippen LogP contribution in [0.3, 0.4) is 0 Å². The molecule has 0 N–H and O–H groups in total. The highest BCUT2D eigenvalue weighted by Gasteiger charge is 2.42. The maximum atomic E-state index is 14.7. The lowest BCUT2D eigenvalue weighted by Gasteiger charge is -2.32. The molecule has 0 aliphatic carbocycles. The Morgan fingerprint density at radius 1 is 1.16 bits per heavy atom. The van der Waals surface area contributed by atoms with E-state index in [1.807, 2.05) is 27.0 Å². The number of likely N-dealkylation sites (N-methyl/N-ethyl adjacent to an activating group) is 1. The highest BCUT2D eigenvalue weighted by atomic mass is 19.4. The molecule has 0 bridgehead atoms. The predicted molar refractivity (Wildman–Crippen MR) is 138 cm³/mol. The fraction of sp³-hybridized carbons (Fsp3) is 0.483. The van der Waals surface area contributed by atoms with Gasteiger partial charge in [-0.05, 0) is 73.7 Å². The molecule has 1 saturated heterocycles. The van der Waals surface area contributed by atoms with Gasteiger partial charge in [-0.3, -0.25) is 4.90 Å². The van der Waals surface area contributed by atoms with Crippen LogP contribution in [0.15, 0.2) is 35.9 Å². The minimum atomic E-state index is -4.50. The van der Waals surface area contributed by atoms with Crippen LogP contribution in [0, 0.1) is 12.7 Å². The molecular formula is C29H34F4N2O3. The van der Waals surface area contributed by atoms with E-state index >= 15 is 0 Å². The lowest BCUT2D eigenvalue weighted by molar-refractivity contribution is -0.137. The van der Waals surface area contributed by atoms with Gasteiger partial charge in [0, 0.05) is 31.3 Å². The summed E-state index contributed by atoms with van der Waals surface area (Å²) in [6.45, 7) is 8.83. The van der Waals surface area contributed by atoms with Crippen molar-refractivity contribution in [3.05, 3.63) is 69.5 Å². The number of nitrogens with zero attached hydrogens (tertiary/aromatic N) is 2. The maximum absolute atomic E-state index is 14.7. The Labute approximate surface area is 221 Å². The number of carbonyl (C=O) groups excluding carboxylic acids is 1. The summed E-state index contributed by atoms with van der Waals surface area (Å²) in [4.78, 5) is 16.7. The number of hydrogen-bond donors (Lipinski definition) is 0. The summed E-state index contributed by atoms with van der Waals surface area (Å²) in [6, 6.07) is 6.52.